The summed E-state index contributed by atoms with van der Waals surface area (Å²) in [6.45, 7) is 0. The molecule has 0 bridgehead atoms. The maximum atomic E-state index is 11.8. The first-order chi connectivity index (χ1) is 7.14. The summed E-state index contributed by atoms with van der Waals surface area (Å²) in [5.74, 6) is 0. The van der Waals surface area contributed by atoms with Gasteiger partial charge < -0.3 is 0 Å². The van der Waals surface area contributed by atoms with Gasteiger partial charge in [-0.2, -0.15) is 4.99 Å². The highest BCUT2D eigenvalue weighted by Crippen LogP contribution is 2.33. The van der Waals surface area contributed by atoms with Crippen LogP contribution in [0.4, 0.5) is 5.69 Å². The van der Waals surface area contributed by atoms with E-state index < -0.39 is 9.84 Å². The molecule has 0 radical (unpaired) electrons. The maximum absolute atomic E-state index is 11.8. The van der Waals surface area contributed by atoms with E-state index in [1.165, 1.54) is 30.3 Å². The highest BCUT2D eigenvalue weighted by molar-refractivity contribution is 7.92. The van der Waals surface area contributed by atoms with Gasteiger partial charge in [0.25, 0.3) is 0 Å². The van der Waals surface area contributed by atoms with Crippen LogP contribution in [0.3, 0.4) is 0 Å². The molecular weight excluding hydrogens is 214 g/mol. The molecule has 15 heavy (non-hydrogen) atoms. The molecule has 1 saturated carbocycles. The van der Waals surface area contributed by atoms with Crippen molar-refractivity contribution in [1.82, 2.24) is 0 Å². The van der Waals surface area contributed by atoms with Gasteiger partial charge in [-0.05, 0) is 37.1 Å². The van der Waals surface area contributed by atoms with Crippen LogP contribution in [0.2, 0.25) is 0 Å². The summed E-state index contributed by atoms with van der Waals surface area (Å²) >= 11 is 0. The highest BCUT2D eigenvalue weighted by atomic mass is 32.2. The van der Waals surface area contributed by atoms with Crippen molar-refractivity contribution in [3.05, 3.63) is 24.3 Å². The highest BCUT2D eigenvalue weighted by Gasteiger charge is 2.36. The molecule has 0 aliphatic heterocycles. The molecular formula is C10H9NO3S. The molecule has 4 nitrogen and oxygen atoms in total. The lowest BCUT2D eigenvalue weighted by atomic mass is 10.3. The summed E-state index contributed by atoms with van der Waals surface area (Å²) in [4.78, 5) is 13.7. The Morgan fingerprint density at radius 1 is 1.20 bits per heavy atom. The number of rotatable bonds is 3. The summed E-state index contributed by atoms with van der Waals surface area (Å²) in [5, 5.41) is -0.210. The largest absolute Gasteiger partial charge is 0.240 e. The fraction of sp³-hybridized carbons (Fsp3) is 0.300. The molecule has 5 heteroatoms. The van der Waals surface area contributed by atoms with E-state index in [-0.39, 0.29) is 5.25 Å². The molecule has 0 spiro atoms. The van der Waals surface area contributed by atoms with Crippen LogP contribution < -0.4 is 0 Å². The predicted octanol–water partition coefficient (Wildman–Crippen LogP) is 1.59. The Labute approximate surface area is 87.6 Å². The van der Waals surface area contributed by atoms with E-state index in [1.807, 2.05) is 0 Å². The number of aliphatic imine (C=N–C) groups is 1. The van der Waals surface area contributed by atoms with Gasteiger partial charge in [-0.1, -0.05) is 0 Å². The van der Waals surface area contributed by atoms with Crippen molar-refractivity contribution in [3.8, 4) is 0 Å². The number of sulfone groups is 1. The van der Waals surface area contributed by atoms with Gasteiger partial charge in [0.15, 0.2) is 9.84 Å². The van der Waals surface area contributed by atoms with Crippen LogP contribution in [0.5, 0.6) is 0 Å². The Morgan fingerprint density at radius 2 is 1.80 bits per heavy atom. The SMILES string of the molecule is O=C=Nc1ccc(S(=O)(=O)C2CC2)cc1. The maximum Gasteiger partial charge on any atom is 0.240 e. The number of benzene rings is 1. The molecule has 1 aromatic rings. The van der Waals surface area contributed by atoms with Crippen molar-refractivity contribution in [2.75, 3.05) is 0 Å². The fourth-order valence-electron chi connectivity index (χ4n) is 1.33. The van der Waals surface area contributed by atoms with Crippen LogP contribution in [0, 0.1) is 0 Å². The molecule has 1 aliphatic carbocycles. The van der Waals surface area contributed by atoms with E-state index in [0.717, 1.165) is 12.8 Å². The van der Waals surface area contributed by atoms with E-state index in [0.29, 0.717) is 10.6 Å². The molecule has 1 fully saturated rings. The third-order valence-electron chi connectivity index (χ3n) is 2.30. The second-order valence-corrected chi connectivity index (χ2v) is 5.67. The zero-order valence-electron chi connectivity index (χ0n) is 7.88. The topological polar surface area (TPSA) is 63.6 Å². The first kappa shape index (κ1) is 10.1. The molecule has 78 valence electrons. The molecule has 1 aliphatic rings. The summed E-state index contributed by atoms with van der Waals surface area (Å²) in [5.41, 5.74) is 0.416. The molecule has 1 aromatic carbocycles. The van der Waals surface area contributed by atoms with E-state index in [1.54, 1.807) is 0 Å². The van der Waals surface area contributed by atoms with Crippen molar-refractivity contribution < 1.29 is 13.2 Å². The molecule has 0 amide bonds. The van der Waals surface area contributed by atoms with Gasteiger partial charge in [0, 0.05) is 0 Å². The van der Waals surface area contributed by atoms with E-state index in [4.69, 9.17) is 0 Å². The van der Waals surface area contributed by atoms with Crippen LogP contribution in [0.1, 0.15) is 12.8 Å². The zero-order valence-corrected chi connectivity index (χ0v) is 8.70. The number of nitrogens with zero attached hydrogens (tertiary/aromatic N) is 1. The van der Waals surface area contributed by atoms with Crippen molar-refractivity contribution in [1.29, 1.82) is 0 Å². The summed E-state index contributed by atoms with van der Waals surface area (Å²) in [6, 6.07) is 5.95. The Bertz CT molecular complexity index is 508. The van der Waals surface area contributed by atoms with Crippen LogP contribution >= 0.6 is 0 Å². The van der Waals surface area contributed by atoms with Gasteiger partial charge in [-0.15, -0.1) is 0 Å². The number of isocyanates is 1. The lowest BCUT2D eigenvalue weighted by Gasteiger charge is -2.01. The van der Waals surface area contributed by atoms with Gasteiger partial charge in [-0.3, -0.25) is 0 Å². The van der Waals surface area contributed by atoms with Crippen molar-refractivity contribution in [2.45, 2.75) is 23.0 Å². The van der Waals surface area contributed by atoms with Gasteiger partial charge in [0.1, 0.15) is 0 Å². The average molecular weight is 223 g/mol. The predicted molar refractivity (Wildman–Crippen MR) is 54.4 cm³/mol. The smallest absolute Gasteiger partial charge is 0.223 e. The Kier molecular flexibility index (Phi) is 2.42. The number of hydrogen-bond donors (Lipinski definition) is 0. The van der Waals surface area contributed by atoms with Crippen LogP contribution in [-0.2, 0) is 14.6 Å². The number of carbonyl (C=O) groups excluding carboxylic acids is 1. The lowest BCUT2D eigenvalue weighted by Crippen LogP contribution is -2.06. The minimum absolute atomic E-state index is 0.210. The molecule has 0 atom stereocenters. The third kappa shape index (κ3) is 1.98. The summed E-state index contributed by atoms with van der Waals surface area (Å²) in [7, 11) is -3.14. The van der Waals surface area contributed by atoms with E-state index in [9.17, 15) is 13.2 Å². The van der Waals surface area contributed by atoms with Crippen LogP contribution in [0.25, 0.3) is 0 Å². The minimum Gasteiger partial charge on any atom is -0.223 e. The van der Waals surface area contributed by atoms with Gasteiger partial charge >= 0.3 is 0 Å². The van der Waals surface area contributed by atoms with Gasteiger partial charge in [0.05, 0.1) is 15.8 Å². The lowest BCUT2D eigenvalue weighted by molar-refractivity contribution is 0.565. The minimum atomic E-state index is -3.14. The van der Waals surface area contributed by atoms with Crippen molar-refractivity contribution in [3.63, 3.8) is 0 Å². The Hall–Kier alpha value is -1.45. The third-order valence-corrected chi connectivity index (χ3v) is 4.58. The second-order valence-electron chi connectivity index (χ2n) is 3.44. The summed E-state index contributed by atoms with van der Waals surface area (Å²) < 4.78 is 23.5. The van der Waals surface area contributed by atoms with Crippen molar-refractivity contribution >= 4 is 21.6 Å². The standard InChI is InChI=1S/C10H9NO3S/c12-7-11-8-1-3-9(4-2-8)15(13,14)10-5-6-10/h1-4,10H,5-6H2. The van der Waals surface area contributed by atoms with Gasteiger partial charge in [-0.25, -0.2) is 13.2 Å². The van der Waals surface area contributed by atoms with Crippen LogP contribution in [-0.4, -0.2) is 19.7 Å². The zero-order chi connectivity index (χ0) is 10.9. The molecule has 0 N–H and O–H groups in total. The number of hydrogen-bond acceptors (Lipinski definition) is 4. The normalized spacial score (nSPS) is 15.7. The van der Waals surface area contributed by atoms with E-state index in [2.05, 4.69) is 4.99 Å². The van der Waals surface area contributed by atoms with E-state index >= 15 is 0 Å². The first-order valence-electron chi connectivity index (χ1n) is 4.56. The van der Waals surface area contributed by atoms with Crippen LogP contribution in [0.15, 0.2) is 34.2 Å². The summed E-state index contributed by atoms with van der Waals surface area (Å²) in [6.07, 6.45) is 2.90. The first-order valence-corrected chi connectivity index (χ1v) is 6.11. The molecule has 0 unspecified atom stereocenters. The molecule has 0 aromatic heterocycles. The molecule has 0 saturated heterocycles. The van der Waals surface area contributed by atoms with Crippen molar-refractivity contribution in [2.24, 2.45) is 4.99 Å². The average Bonchev–Trinajstić information content (AvgIpc) is 3.02. The molecule has 2 rings (SSSR count). The molecule has 0 heterocycles. The fourth-order valence-corrected chi connectivity index (χ4v) is 2.99. The quantitative estimate of drug-likeness (QED) is 0.577. The monoisotopic (exact) mass is 223 g/mol. The second kappa shape index (κ2) is 3.61. The Balaban J connectivity index is 2.34. The Morgan fingerprint density at radius 3 is 2.27 bits per heavy atom. The van der Waals surface area contributed by atoms with Gasteiger partial charge in [0.2, 0.25) is 6.08 Å².